The molecular formula is C66H72N4O4. The number of nitrogens with one attached hydrogen (secondary N) is 2. The van der Waals surface area contributed by atoms with E-state index in [4.69, 9.17) is 30.4 Å². The lowest BCUT2D eigenvalue weighted by Crippen LogP contribution is -2.25. The second kappa shape index (κ2) is 26.6. The molecule has 74 heavy (non-hydrogen) atoms. The van der Waals surface area contributed by atoms with Crippen LogP contribution in [0.15, 0.2) is 194 Å². The van der Waals surface area contributed by atoms with E-state index in [9.17, 15) is 0 Å². The van der Waals surface area contributed by atoms with E-state index in [1.165, 1.54) is 89.0 Å². The zero-order valence-electron chi connectivity index (χ0n) is 43.1. The van der Waals surface area contributed by atoms with E-state index in [2.05, 4.69) is 193 Å². The largest absolute Gasteiger partial charge is 0.372 e. The van der Waals surface area contributed by atoms with Gasteiger partial charge in [-0.2, -0.15) is 0 Å². The fourth-order valence-electron chi connectivity index (χ4n) is 11.0. The molecule has 0 saturated carbocycles. The normalized spacial score (nSPS) is 18.2. The number of hydrogen-bond acceptors (Lipinski definition) is 8. The number of hydrogen-bond donors (Lipinski definition) is 4. The molecule has 8 aromatic carbocycles. The molecule has 0 spiro atoms. The summed E-state index contributed by atoms with van der Waals surface area (Å²) in [6.07, 6.45) is 4.40. The molecule has 0 radical (unpaired) electrons. The lowest BCUT2D eigenvalue weighted by molar-refractivity contribution is 0.0439. The summed E-state index contributed by atoms with van der Waals surface area (Å²) in [6.45, 7) is 5.97. The highest BCUT2D eigenvalue weighted by Gasteiger charge is 2.26. The number of benzene rings is 8. The fourth-order valence-corrected chi connectivity index (χ4v) is 11.0. The van der Waals surface area contributed by atoms with E-state index in [-0.39, 0.29) is 24.4 Å². The number of fused-ring (bicyclic) bond motifs is 4. The second-order valence-corrected chi connectivity index (χ2v) is 19.0. The molecule has 8 heteroatoms. The highest BCUT2D eigenvalue weighted by atomic mass is 16.5. The van der Waals surface area contributed by atoms with Gasteiger partial charge in [-0.25, -0.2) is 0 Å². The first kappa shape index (κ1) is 52.3. The van der Waals surface area contributed by atoms with Gasteiger partial charge >= 0.3 is 0 Å². The van der Waals surface area contributed by atoms with E-state index in [0.29, 0.717) is 13.1 Å². The summed E-state index contributed by atoms with van der Waals surface area (Å²) in [6, 6.07) is 68.2. The van der Waals surface area contributed by atoms with Crippen LogP contribution in [0.5, 0.6) is 0 Å². The van der Waals surface area contributed by atoms with Crippen molar-refractivity contribution in [1.29, 1.82) is 0 Å². The van der Waals surface area contributed by atoms with Gasteiger partial charge in [-0.05, 0) is 129 Å². The van der Waals surface area contributed by atoms with Crippen molar-refractivity contribution in [3.8, 4) is 44.5 Å². The van der Waals surface area contributed by atoms with Gasteiger partial charge in [0.1, 0.15) is 0 Å². The van der Waals surface area contributed by atoms with Gasteiger partial charge in [-0.15, -0.1) is 0 Å². The summed E-state index contributed by atoms with van der Waals surface area (Å²) >= 11 is 0. The number of ether oxygens (including phenoxy) is 4. The van der Waals surface area contributed by atoms with E-state index < -0.39 is 0 Å². The standard InChI is InChI=1S/2C17H19NO.2C16H17NO/c2*1-18-12-17-16-9-5-8-14(15(16)10-11-19-17)13-6-3-2-4-7-13;2*17-11-16-15-8-4-7-13(14(15)9-10-18-16)12-5-2-1-3-6-12/h2*2-9,17-18H,10-12H2,1H3;2*1-8,16H,9-11,17H2. The monoisotopic (exact) mass is 985 g/mol. The Balaban J connectivity index is 0.000000121. The Kier molecular flexibility index (Phi) is 18.8. The third kappa shape index (κ3) is 12.5. The van der Waals surface area contributed by atoms with Gasteiger partial charge in [-0.1, -0.05) is 194 Å². The topological polar surface area (TPSA) is 113 Å². The summed E-state index contributed by atoms with van der Waals surface area (Å²) in [5.74, 6) is 0. The minimum Gasteiger partial charge on any atom is -0.372 e. The molecule has 8 aromatic rings. The van der Waals surface area contributed by atoms with E-state index in [1.54, 1.807) is 0 Å². The summed E-state index contributed by atoms with van der Waals surface area (Å²) in [5, 5.41) is 6.43. The summed E-state index contributed by atoms with van der Waals surface area (Å²) in [7, 11) is 3.94. The number of likely N-dealkylation sites (N-methyl/N-ethyl adjacent to an activating group) is 2. The number of nitrogens with two attached hydrogens (primary N) is 2. The summed E-state index contributed by atoms with van der Waals surface area (Å²) in [4.78, 5) is 0. The highest BCUT2D eigenvalue weighted by molar-refractivity contribution is 5.72. The Hall–Kier alpha value is -6.56. The molecule has 4 unspecified atom stereocenters. The van der Waals surface area contributed by atoms with E-state index in [1.807, 2.05) is 26.2 Å². The van der Waals surface area contributed by atoms with E-state index >= 15 is 0 Å². The Labute approximate surface area is 439 Å². The molecule has 8 nitrogen and oxygen atoms in total. The minimum atomic E-state index is 0.0532. The van der Waals surface area contributed by atoms with E-state index in [0.717, 1.165) is 65.2 Å². The molecule has 0 aliphatic carbocycles. The van der Waals surface area contributed by atoms with Crippen LogP contribution >= 0.6 is 0 Å². The van der Waals surface area contributed by atoms with Gasteiger partial charge in [0.2, 0.25) is 0 Å². The van der Waals surface area contributed by atoms with Crippen LogP contribution in [-0.2, 0) is 44.6 Å². The van der Waals surface area contributed by atoms with Crippen molar-refractivity contribution < 1.29 is 18.9 Å². The Morgan fingerprint density at radius 3 is 0.811 bits per heavy atom. The molecule has 0 saturated heterocycles. The first-order valence-electron chi connectivity index (χ1n) is 26.4. The Bertz CT molecular complexity index is 2780. The van der Waals surface area contributed by atoms with Crippen LogP contribution in [0.3, 0.4) is 0 Å². The predicted molar refractivity (Wildman–Crippen MR) is 303 cm³/mol. The zero-order chi connectivity index (χ0) is 50.9. The van der Waals surface area contributed by atoms with Crippen molar-refractivity contribution >= 4 is 0 Å². The van der Waals surface area contributed by atoms with Crippen LogP contribution in [0.1, 0.15) is 68.9 Å². The van der Waals surface area contributed by atoms with Crippen molar-refractivity contribution in [3.63, 3.8) is 0 Å². The first-order chi connectivity index (χ1) is 36.6. The van der Waals surface area contributed by atoms with Crippen LogP contribution < -0.4 is 22.1 Å². The quantitative estimate of drug-likeness (QED) is 0.107. The SMILES string of the molecule is CNCC1OCCc2c(-c3ccccc3)cccc21.CNCC1OCCc2c(-c3ccccc3)cccc21.NCC1OCCc2c(-c3ccccc3)cccc21.NCC1OCCc2c(-c3ccccc3)cccc21. The predicted octanol–water partition coefficient (Wildman–Crippen LogP) is 12.2. The third-order valence-corrected chi connectivity index (χ3v) is 14.5. The molecule has 12 rings (SSSR count). The minimum absolute atomic E-state index is 0.0532. The van der Waals surface area contributed by atoms with Gasteiger partial charge in [0.15, 0.2) is 0 Å². The van der Waals surface area contributed by atoms with Gasteiger partial charge in [0.05, 0.1) is 50.8 Å². The molecule has 4 aliphatic heterocycles. The first-order valence-corrected chi connectivity index (χ1v) is 26.4. The van der Waals surface area contributed by atoms with Crippen LogP contribution in [0, 0.1) is 0 Å². The van der Waals surface area contributed by atoms with Crippen molar-refractivity contribution in [2.45, 2.75) is 50.1 Å². The Morgan fingerprint density at radius 2 is 0.568 bits per heavy atom. The molecule has 0 fully saturated rings. The van der Waals surface area contributed by atoms with Crippen LogP contribution in [0.2, 0.25) is 0 Å². The summed E-state index contributed by atoms with van der Waals surface area (Å²) in [5.41, 5.74) is 32.9. The van der Waals surface area contributed by atoms with Crippen LogP contribution in [0.4, 0.5) is 0 Å². The Morgan fingerprint density at radius 1 is 0.324 bits per heavy atom. The van der Waals surface area contributed by atoms with Crippen molar-refractivity contribution in [3.05, 3.63) is 239 Å². The zero-order valence-corrected chi connectivity index (χ0v) is 43.1. The fraction of sp³-hybridized carbons (Fsp3) is 0.273. The van der Waals surface area contributed by atoms with Crippen LogP contribution in [0.25, 0.3) is 44.5 Å². The molecule has 0 aromatic heterocycles. The molecular weight excluding hydrogens is 913 g/mol. The van der Waals surface area contributed by atoms with Gasteiger partial charge in [0.25, 0.3) is 0 Å². The summed E-state index contributed by atoms with van der Waals surface area (Å²) < 4.78 is 23.2. The smallest absolute Gasteiger partial charge is 0.0952 e. The van der Waals surface area contributed by atoms with Gasteiger partial charge in [0, 0.05) is 26.2 Å². The molecule has 380 valence electrons. The molecule has 6 N–H and O–H groups in total. The average molecular weight is 985 g/mol. The highest BCUT2D eigenvalue weighted by Crippen LogP contribution is 2.38. The van der Waals surface area contributed by atoms with Crippen molar-refractivity contribution in [2.75, 3.05) is 66.7 Å². The lowest BCUT2D eigenvalue weighted by atomic mass is 9.89. The van der Waals surface area contributed by atoms with Gasteiger partial charge in [-0.3, -0.25) is 0 Å². The molecule has 0 bridgehead atoms. The maximum absolute atomic E-state index is 5.87. The van der Waals surface area contributed by atoms with Crippen LogP contribution in [-0.4, -0.2) is 66.7 Å². The third-order valence-electron chi connectivity index (χ3n) is 14.5. The molecule has 4 aliphatic rings. The maximum atomic E-state index is 5.87. The van der Waals surface area contributed by atoms with Crippen molar-refractivity contribution in [2.24, 2.45) is 11.5 Å². The average Bonchev–Trinajstić information content (AvgIpc) is 3.48. The van der Waals surface area contributed by atoms with Crippen molar-refractivity contribution in [1.82, 2.24) is 10.6 Å². The molecule has 4 atom stereocenters. The van der Waals surface area contributed by atoms with Gasteiger partial charge < -0.3 is 41.0 Å². The molecule has 0 amide bonds. The lowest BCUT2D eigenvalue weighted by Gasteiger charge is -2.28. The molecule has 4 heterocycles. The maximum Gasteiger partial charge on any atom is 0.0952 e. The second-order valence-electron chi connectivity index (χ2n) is 19.0. The number of rotatable bonds is 10.